The van der Waals surface area contributed by atoms with Gasteiger partial charge < -0.3 is 18.6 Å². The summed E-state index contributed by atoms with van der Waals surface area (Å²) in [5.74, 6) is -0.288. The maximum Gasteiger partial charge on any atom is 0.314 e. The summed E-state index contributed by atoms with van der Waals surface area (Å²) in [6.45, 7) is 2.96. The molecule has 0 N–H and O–H groups in total. The molecule has 1 aliphatic rings. The first-order valence-electron chi connectivity index (χ1n) is 8.40. The number of aromatic nitrogens is 1. The van der Waals surface area contributed by atoms with E-state index in [9.17, 15) is 14.1 Å². The standard InChI is InChI=1S/C19H21NO5S/c1-4-25-13-7-5-12(6-8-13)18(21)17-16(26(3)23)11-15-14(19(22)24-2)9-10-20(15)17/h5-8,11,14H,4,9-10H2,1-3H3. The minimum atomic E-state index is -1.35. The van der Waals surface area contributed by atoms with Crippen molar-refractivity contribution in [2.75, 3.05) is 20.0 Å². The molecule has 0 amide bonds. The first kappa shape index (κ1) is 18.5. The Balaban J connectivity index is 2.01. The number of hydrogen-bond acceptors (Lipinski definition) is 5. The van der Waals surface area contributed by atoms with Gasteiger partial charge in [-0.3, -0.25) is 9.59 Å². The van der Waals surface area contributed by atoms with Crippen LogP contribution in [0.25, 0.3) is 0 Å². The smallest absolute Gasteiger partial charge is 0.314 e. The highest BCUT2D eigenvalue weighted by molar-refractivity contribution is 7.90. The normalized spacial score (nSPS) is 16.8. The molecule has 3 rings (SSSR count). The molecule has 138 valence electrons. The molecule has 0 saturated heterocycles. The van der Waals surface area contributed by atoms with Crippen LogP contribution in [0.2, 0.25) is 0 Å². The van der Waals surface area contributed by atoms with E-state index >= 15 is 0 Å². The number of rotatable bonds is 6. The molecule has 1 aromatic heterocycles. The number of hydrogen-bond donors (Lipinski definition) is 0. The van der Waals surface area contributed by atoms with Crippen LogP contribution in [-0.4, -0.2) is 40.8 Å². The van der Waals surface area contributed by atoms with Gasteiger partial charge in [0.2, 0.25) is 5.78 Å². The predicted molar refractivity (Wildman–Crippen MR) is 97.2 cm³/mol. The molecule has 2 aromatic rings. The van der Waals surface area contributed by atoms with E-state index in [1.54, 1.807) is 34.9 Å². The average molecular weight is 375 g/mol. The Kier molecular flexibility index (Phi) is 5.38. The van der Waals surface area contributed by atoms with Crippen LogP contribution in [0, 0.1) is 0 Å². The lowest BCUT2D eigenvalue weighted by molar-refractivity contribution is -0.142. The Morgan fingerprint density at radius 2 is 2.00 bits per heavy atom. The van der Waals surface area contributed by atoms with E-state index in [0.29, 0.717) is 47.2 Å². The van der Waals surface area contributed by atoms with Crippen LogP contribution in [0.3, 0.4) is 0 Å². The van der Waals surface area contributed by atoms with Crippen LogP contribution in [-0.2, 0) is 27.3 Å². The van der Waals surface area contributed by atoms with E-state index < -0.39 is 17.1 Å². The molecule has 0 bridgehead atoms. The summed E-state index contributed by atoms with van der Waals surface area (Å²) in [6.07, 6.45) is 2.11. The maximum atomic E-state index is 13.1. The number of fused-ring (bicyclic) bond motifs is 1. The van der Waals surface area contributed by atoms with Gasteiger partial charge >= 0.3 is 5.97 Å². The van der Waals surface area contributed by atoms with Crippen molar-refractivity contribution in [3.63, 3.8) is 0 Å². The average Bonchev–Trinajstić information content (AvgIpc) is 3.20. The zero-order valence-electron chi connectivity index (χ0n) is 15.0. The molecule has 0 spiro atoms. The Morgan fingerprint density at radius 3 is 2.58 bits per heavy atom. The zero-order valence-corrected chi connectivity index (χ0v) is 15.8. The van der Waals surface area contributed by atoms with Crippen molar-refractivity contribution < 1.29 is 23.6 Å². The lowest BCUT2D eigenvalue weighted by Crippen LogP contribution is -2.13. The summed E-state index contributed by atoms with van der Waals surface area (Å²) in [7, 11) is 1.35. The predicted octanol–water partition coefficient (Wildman–Crippen LogP) is 2.52. The molecule has 1 aromatic carbocycles. The van der Waals surface area contributed by atoms with Crippen molar-refractivity contribution in [2.24, 2.45) is 0 Å². The lowest BCUT2D eigenvalue weighted by Gasteiger charge is -2.10. The van der Waals surface area contributed by atoms with E-state index in [4.69, 9.17) is 9.47 Å². The quantitative estimate of drug-likeness (QED) is 0.440. The van der Waals surface area contributed by atoms with Crippen molar-refractivity contribution in [1.29, 1.82) is 0 Å². The van der Waals surface area contributed by atoms with E-state index in [-0.39, 0.29) is 11.8 Å². The van der Waals surface area contributed by atoms with Gasteiger partial charge in [-0.2, -0.15) is 0 Å². The molecule has 0 radical (unpaired) electrons. The number of ether oxygens (including phenoxy) is 2. The van der Waals surface area contributed by atoms with Crippen molar-refractivity contribution in [2.45, 2.75) is 30.7 Å². The Labute approximate surface area is 155 Å². The number of methoxy groups -OCH3 is 1. The van der Waals surface area contributed by atoms with E-state index in [1.165, 1.54) is 13.4 Å². The van der Waals surface area contributed by atoms with E-state index in [0.717, 1.165) is 0 Å². The fraction of sp³-hybridized carbons (Fsp3) is 0.368. The summed E-state index contributed by atoms with van der Waals surface area (Å²) in [5, 5.41) is 0. The Hall–Kier alpha value is -2.25. The largest absolute Gasteiger partial charge is 0.612 e. The second kappa shape index (κ2) is 7.55. The van der Waals surface area contributed by atoms with Gasteiger partial charge in [0.1, 0.15) is 17.7 Å². The SMILES string of the molecule is CCOc1ccc(C(=O)c2c([S+](C)[O-])cc3n2CCC3C(=O)OC)cc1. The third-order valence-corrected chi connectivity index (χ3v) is 5.46. The van der Waals surface area contributed by atoms with E-state index in [2.05, 4.69) is 0 Å². The van der Waals surface area contributed by atoms with E-state index in [1.807, 2.05) is 6.92 Å². The number of carbonyl (C=O) groups is 2. The van der Waals surface area contributed by atoms with Gasteiger partial charge in [-0.25, -0.2) is 0 Å². The summed E-state index contributed by atoms with van der Waals surface area (Å²) in [4.78, 5) is 25.5. The van der Waals surface area contributed by atoms with Crippen molar-refractivity contribution in [3.8, 4) is 5.75 Å². The first-order valence-corrected chi connectivity index (χ1v) is 9.96. The van der Waals surface area contributed by atoms with Gasteiger partial charge in [-0.1, -0.05) is 0 Å². The van der Waals surface area contributed by atoms with Crippen LogP contribution in [0.4, 0.5) is 0 Å². The number of ketones is 1. The molecular formula is C19H21NO5S. The molecule has 7 heteroatoms. The summed E-state index contributed by atoms with van der Waals surface area (Å²) < 4.78 is 24.3. The van der Waals surface area contributed by atoms with Gasteiger partial charge in [0.05, 0.1) is 19.6 Å². The topological polar surface area (TPSA) is 80.6 Å². The molecule has 0 fully saturated rings. The second-order valence-electron chi connectivity index (χ2n) is 6.04. The van der Waals surface area contributed by atoms with Crippen LogP contribution in [0.5, 0.6) is 5.75 Å². The highest BCUT2D eigenvalue weighted by Crippen LogP contribution is 2.36. The molecule has 0 aliphatic carbocycles. The van der Waals surface area contributed by atoms with Gasteiger partial charge in [0.25, 0.3) is 0 Å². The lowest BCUT2D eigenvalue weighted by atomic mass is 10.1. The van der Waals surface area contributed by atoms with Crippen LogP contribution in [0.15, 0.2) is 35.2 Å². The van der Waals surface area contributed by atoms with Crippen molar-refractivity contribution in [3.05, 3.63) is 47.3 Å². The van der Waals surface area contributed by atoms with Crippen LogP contribution >= 0.6 is 0 Å². The molecule has 1 aliphatic heterocycles. The van der Waals surface area contributed by atoms with Crippen LogP contribution < -0.4 is 4.74 Å². The number of esters is 1. The van der Waals surface area contributed by atoms with Gasteiger partial charge in [-0.05, 0) is 48.8 Å². The van der Waals surface area contributed by atoms with Gasteiger partial charge in [0, 0.05) is 23.9 Å². The summed E-state index contributed by atoms with van der Waals surface area (Å²) >= 11 is -1.35. The molecule has 6 nitrogen and oxygen atoms in total. The molecule has 0 saturated carbocycles. The first-order chi connectivity index (χ1) is 12.5. The number of nitrogens with zero attached hydrogens (tertiary/aromatic N) is 1. The highest BCUT2D eigenvalue weighted by atomic mass is 32.2. The maximum absolute atomic E-state index is 13.1. The summed E-state index contributed by atoms with van der Waals surface area (Å²) in [6, 6.07) is 8.58. The highest BCUT2D eigenvalue weighted by Gasteiger charge is 2.37. The fourth-order valence-corrected chi connectivity index (χ4v) is 4.08. The third kappa shape index (κ3) is 3.24. The minimum absolute atomic E-state index is 0.213. The van der Waals surface area contributed by atoms with Gasteiger partial charge in [-0.15, -0.1) is 0 Å². The molecule has 2 heterocycles. The minimum Gasteiger partial charge on any atom is -0.612 e. The second-order valence-corrected chi connectivity index (χ2v) is 7.39. The number of benzene rings is 1. The third-order valence-electron chi connectivity index (χ3n) is 4.53. The van der Waals surface area contributed by atoms with Crippen LogP contribution in [0.1, 0.15) is 41.0 Å². The zero-order chi connectivity index (χ0) is 18.8. The van der Waals surface area contributed by atoms with Crippen molar-refractivity contribution >= 4 is 22.9 Å². The molecule has 2 atom stereocenters. The van der Waals surface area contributed by atoms with Crippen molar-refractivity contribution in [1.82, 2.24) is 4.57 Å². The molecular weight excluding hydrogens is 354 g/mol. The number of carbonyl (C=O) groups excluding carboxylic acids is 2. The molecule has 26 heavy (non-hydrogen) atoms. The fourth-order valence-electron chi connectivity index (χ4n) is 3.32. The molecule has 2 unspecified atom stereocenters. The Bertz CT molecular complexity index is 825. The van der Waals surface area contributed by atoms with Gasteiger partial charge in [0.15, 0.2) is 4.90 Å². The monoisotopic (exact) mass is 375 g/mol. The Morgan fingerprint density at radius 1 is 1.31 bits per heavy atom. The summed E-state index contributed by atoms with van der Waals surface area (Å²) in [5.41, 5.74) is 1.57.